The fraction of sp³-hybridized carbons (Fsp3) is 0.375. The molecule has 3 heterocycles. The molecule has 0 unspecified atom stereocenters. The second-order valence-electron chi connectivity index (χ2n) is 11.1. The molecule has 1 aromatic heterocycles. The number of aromatic nitrogens is 1. The van der Waals surface area contributed by atoms with E-state index in [2.05, 4.69) is 26.9 Å². The van der Waals surface area contributed by atoms with Crippen LogP contribution in [0.25, 0.3) is 5.57 Å². The van der Waals surface area contributed by atoms with Crippen molar-refractivity contribution in [2.75, 3.05) is 26.2 Å². The third kappa shape index (κ3) is 6.73. The lowest BCUT2D eigenvalue weighted by molar-refractivity contribution is -0.139. The number of hydrogen-bond donors (Lipinski definition) is 2. The Kier molecular flexibility index (Phi) is 8.57. The topological polar surface area (TPSA) is 86.1 Å². The minimum Gasteiger partial charge on any atom is -0.487 e. The fourth-order valence-corrected chi connectivity index (χ4v) is 5.70. The van der Waals surface area contributed by atoms with Crippen LogP contribution in [0.15, 0.2) is 66.9 Å². The van der Waals surface area contributed by atoms with Crippen LogP contribution in [0.5, 0.6) is 5.75 Å². The van der Waals surface area contributed by atoms with E-state index in [9.17, 15) is 15.0 Å². The fourth-order valence-electron chi connectivity index (χ4n) is 5.57. The Morgan fingerprint density at radius 3 is 2.75 bits per heavy atom. The van der Waals surface area contributed by atoms with Crippen LogP contribution in [-0.2, 0) is 23.5 Å². The van der Waals surface area contributed by atoms with Crippen molar-refractivity contribution in [1.29, 1.82) is 0 Å². The third-order valence-electron chi connectivity index (χ3n) is 7.72. The van der Waals surface area contributed by atoms with Gasteiger partial charge in [-0.05, 0) is 80.3 Å². The first-order valence-electron chi connectivity index (χ1n) is 13.7. The van der Waals surface area contributed by atoms with Gasteiger partial charge in [0, 0.05) is 48.0 Å². The van der Waals surface area contributed by atoms with Gasteiger partial charge in [-0.3, -0.25) is 14.7 Å². The van der Waals surface area contributed by atoms with Crippen LogP contribution < -0.4 is 4.74 Å². The molecule has 2 N–H and O–H groups in total. The number of ether oxygens (including phenoxy) is 1. The summed E-state index contributed by atoms with van der Waals surface area (Å²) >= 11 is 6.04. The van der Waals surface area contributed by atoms with Crippen molar-refractivity contribution in [3.63, 3.8) is 0 Å². The van der Waals surface area contributed by atoms with Crippen molar-refractivity contribution >= 4 is 23.1 Å². The summed E-state index contributed by atoms with van der Waals surface area (Å²) in [7, 11) is 0. The van der Waals surface area contributed by atoms with Gasteiger partial charge in [-0.15, -0.1) is 0 Å². The zero-order valence-electron chi connectivity index (χ0n) is 23.0. The highest BCUT2D eigenvalue weighted by Crippen LogP contribution is 2.38. The van der Waals surface area contributed by atoms with Crippen molar-refractivity contribution in [3.05, 3.63) is 99.8 Å². The standard InChI is InChI=1S/C32H36ClN3O4/c1-32(2,39)23-9-12-30-28(17-23)26(27-5-3-14-34-29(27)21-40-30)6-4-15-35-16-13-25(19-35)36(20-31(37)38)18-22-7-10-24(33)11-8-22/h3,5-12,14,17,25,39H,4,13,15-16,18-21H2,1-2H3,(H,37,38)/b26-6+/t25-/m1/s1. The predicted molar refractivity (Wildman–Crippen MR) is 156 cm³/mol. The Morgan fingerprint density at radius 1 is 1.20 bits per heavy atom. The number of carboxylic acids is 1. The summed E-state index contributed by atoms with van der Waals surface area (Å²) in [5, 5.41) is 20.9. The molecule has 5 rings (SSSR count). The van der Waals surface area contributed by atoms with E-state index >= 15 is 0 Å². The van der Waals surface area contributed by atoms with Gasteiger partial charge in [-0.1, -0.05) is 41.9 Å². The second kappa shape index (κ2) is 12.1. The van der Waals surface area contributed by atoms with E-state index in [0.717, 1.165) is 71.7 Å². The lowest BCUT2D eigenvalue weighted by Gasteiger charge is -2.27. The quantitative estimate of drug-likeness (QED) is 0.365. The zero-order chi connectivity index (χ0) is 28.3. The van der Waals surface area contributed by atoms with Crippen LogP contribution in [-0.4, -0.2) is 63.2 Å². The van der Waals surface area contributed by atoms with Crippen LogP contribution in [0, 0.1) is 0 Å². The van der Waals surface area contributed by atoms with Gasteiger partial charge in [0.2, 0.25) is 0 Å². The normalized spacial score (nSPS) is 18.3. The van der Waals surface area contributed by atoms with Gasteiger partial charge in [-0.2, -0.15) is 0 Å². The molecular weight excluding hydrogens is 526 g/mol. The highest BCUT2D eigenvalue weighted by Gasteiger charge is 2.29. The number of rotatable bonds is 9. The molecule has 0 aliphatic carbocycles. The molecule has 2 aliphatic heterocycles. The Morgan fingerprint density at radius 2 is 2.00 bits per heavy atom. The number of nitrogens with zero attached hydrogens (tertiary/aromatic N) is 3. The molecule has 0 spiro atoms. The Labute approximate surface area is 240 Å². The van der Waals surface area contributed by atoms with Gasteiger partial charge >= 0.3 is 5.97 Å². The smallest absolute Gasteiger partial charge is 0.317 e. The average molecular weight is 562 g/mol. The summed E-state index contributed by atoms with van der Waals surface area (Å²) in [6.07, 6.45) is 5.78. The van der Waals surface area contributed by atoms with Crippen LogP contribution in [0.4, 0.5) is 0 Å². The van der Waals surface area contributed by atoms with E-state index in [0.29, 0.717) is 18.2 Å². The van der Waals surface area contributed by atoms with E-state index in [1.165, 1.54) is 0 Å². The Hall–Kier alpha value is -3.23. The summed E-state index contributed by atoms with van der Waals surface area (Å²) in [5.41, 5.74) is 4.87. The molecule has 1 fully saturated rings. The molecule has 1 saturated heterocycles. The maximum absolute atomic E-state index is 11.6. The molecule has 0 radical (unpaired) electrons. The molecule has 7 nitrogen and oxygen atoms in total. The number of fused-ring (bicyclic) bond motifs is 2. The molecule has 2 aliphatic rings. The number of aliphatic carboxylic acids is 1. The highest BCUT2D eigenvalue weighted by molar-refractivity contribution is 6.30. The first kappa shape index (κ1) is 28.3. The van der Waals surface area contributed by atoms with E-state index in [4.69, 9.17) is 16.3 Å². The first-order chi connectivity index (χ1) is 19.2. The molecule has 0 bridgehead atoms. The molecule has 0 amide bonds. The summed E-state index contributed by atoms with van der Waals surface area (Å²) in [4.78, 5) is 20.7. The molecule has 0 saturated carbocycles. The van der Waals surface area contributed by atoms with Gasteiger partial charge in [0.05, 0.1) is 17.8 Å². The van der Waals surface area contributed by atoms with Crippen molar-refractivity contribution in [3.8, 4) is 5.75 Å². The van der Waals surface area contributed by atoms with Crippen LogP contribution in [0.3, 0.4) is 0 Å². The Balaban J connectivity index is 1.32. The van der Waals surface area contributed by atoms with Gasteiger partial charge in [0.25, 0.3) is 0 Å². The second-order valence-corrected chi connectivity index (χ2v) is 11.6. The largest absolute Gasteiger partial charge is 0.487 e. The number of hydrogen-bond acceptors (Lipinski definition) is 6. The van der Waals surface area contributed by atoms with Gasteiger partial charge in [0.15, 0.2) is 0 Å². The lowest BCUT2D eigenvalue weighted by Crippen LogP contribution is -2.40. The highest BCUT2D eigenvalue weighted by atomic mass is 35.5. The number of pyridine rings is 1. The van der Waals surface area contributed by atoms with E-state index in [1.54, 1.807) is 20.0 Å². The summed E-state index contributed by atoms with van der Waals surface area (Å²) in [5.74, 6) is -0.0332. The number of likely N-dealkylation sites (tertiary alicyclic amines) is 1. The predicted octanol–water partition coefficient (Wildman–Crippen LogP) is 5.34. The van der Waals surface area contributed by atoms with Crippen molar-refractivity contribution in [1.82, 2.24) is 14.8 Å². The van der Waals surface area contributed by atoms with Gasteiger partial charge in [-0.25, -0.2) is 0 Å². The maximum Gasteiger partial charge on any atom is 0.317 e. The van der Waals surface area contributed by atoms with E-state index < -0.39 is 11.6 Å². The van der Waals surface area contributed by atoms with Crippen LogP contribution in [0.1, 0.15) is 54.6 Å². The van der Waals surface area contributed by atoms with Crippen molar-refractivity contribution in [2.24, 2.45) is 0 Å². The van der Waals surface area contributed by atoms with E-state index in [1.807, 2.05) is 48.5 Å². The zero-order valence-corrected chi connectivity index (χ0v) is 23.8. The molecule has 3 aromatic rings. The summed E-state index contributed by atoms with van der Waals surface area (Å²) in [6, 6.07) is 17.7. The summed E-state index contributed by atoms with van der Waals surface area (Å²) in [6.45, 7) is 7.16. The van der Waals surface area contributed by atoms with Crippen molar-refractivity contribution in [2.45, 2.75) is 51.5 Å². The van der Waals surface area contributed by atoms with Gasteiger partial charge in [0.1, 0.15) is 12.4 Å². The third-order valence-corrected chi connectivity index (χ3v) is 7.97. The van der Waals surface area contributed by atoms with Crippen molar-refractivity contribution < 1.29 is 19.7 Å². The van der Waals surface area contributed by atoms with Crippen LogP contribution >= 0.6 is 11.6 Å². The molecule has 40 heavy (non-hydrogen) atoms. The lowest BCUT2D eigenvalue weighted by atomic mass is 9.90. The minimum absolute atomic E-state index is 0.00922. The number of carboxylic acid groups (broad SMARTS) is 1. The average Bonchev–Trinajstić information content (AvgIpc) is 3.33. The summed E-state index contributed by atoms with van der Waals surface area (Å²) < 4.78 is 6.12. The number of halogens is 1. The molecular formula is C32H36ClN3O4. The van der Waals surface area contributed by atoms with Crippen LogP contribution in [0.2, 0.25) is 5.02 Å². The number of aliphatic hydroxyl groups is 1. The van der Waals surface area contributed by atoms with Gasteiger partial charge < -0.3 is 19.8 Å². The maximum atomic E-state index is 11.6. The van der Waals surface area contributed by atoms with E-state index in [-0.39, 0.29) is 12.6 Å². The molecule has 1 atom stereocenters. The monoisotopic (exact) mass is 561 g/mol. The molecule has 8 heteroatoms. The minimum atomic E-state index is -0.970. The first-order valence-corrected chi connectivity index (χ1v) is 14.1. The molecule has 210 valence electrons. The number of carbonyl (C=O) groups is 1. The molecule has 2 aromatic carbocycles. The Bertz CT molecular complexity index is 1380. The SMILES string of the molecule is CC(C)(O)c1ccc2c(c1)/C(=C/CCN1CC[C@@H](N(CC(=O)O)Cc3ccc(Cl)cc3)C1)c1cccnc1CO2. The number of benzene rings is 2.